The maximum absolute atomic E-state index is 13.2. The number of carbonyl (C=O) groups excluding carboxylic acids is 1. The fourth-order valence-corrected chi connectivity index (χ4v) is 3.20. The van der Waals surface area contributed by atoms with Crippen LogP contribution in [0.4, 0.5) is 10.1 Å². The topological polar surface area (TPSA) is 84.0 Å². The van der Waals surface area contributed by atoms with Crippen LogP contribution in [-0.2, 0) is 16.1 Å². The molecule has 3 rings (SSSR count). The van der Waals surface area contributed by atoms with Gasteiger partial charge in [-0.3, -0.25) is 9.79 Å². The van der Waals surface area contributed by atoms with Gasteiger partial charge in [0.1, 0.15) is 11.6 Å². The zero-order valence-electron chi connectivity index (χ0n) is 17.9. The molecule has 2 aromatic rings. The van der Waals surface area contributed by atoms with E-state index < -0.39 is 5.82 Å². The Hall–Kier alpha value is -3.13. The Morgan fingerprint density at radius 1 is 1.26 bits per heavy atom. The number of anilines is 1. The summed E-state index contributed by atoms with van der Waals surface area (Å²) in [6, 6.07) is 11.8. The summed E-state index contributed by atoms with van der Waals surface area (Å²) in [5.74, 6) is 1.03. The lowest BCUT2D eigenvalue weighted by molar-refractivity contribution is -0.115. The Bertz CT molecular complexity index is 913. The van der Waals surface area contributed by atoms with Gasteiger partial charge in [-0.05, 0) is 43.2 Å². The van der Waals surface area contributed by atoms with Crippen LogP contribution in [0.2, 0.25) is 0 Å². The minimum atomic E-state index is -0.403. The minimum Gasteiger partial charge on any atom is -0.493 e. The molecule has 2 aromatic carbocycles. The molecule has 1 saturated heterocycles. The highest BCUT2D eigenvalue weighted by atomic mass is 19.1. The van der Waals surface area contributed by atoms with E-state index in [0.29, 0.717) is 30.7 Å². The van der Waals surface area contributed by atoms with Crippen molar-refractivity contribution < 1.29 is 18.7 Å². The van der Waals surface area contributed by atoms with Crippen LogP contribution >= 0.6 is 0 Å². The quantitative estimate of drug-likeness (QED) is 0.445. The van der Waals surface area contributed by atoms with E-state index in [4.69, 9.17) is 9.47 Å². The van der Waals surface area contributed by atoms with Gasteiger partial charge in [0.15, 0.2) is 5.96 Å². The normalized spacial score (nSPS) is 16.1. The van der Waals surface area contributed by atoms with Crippen LogP contribution < -0.4 is 20.7 Å². The van der Waals surface area contributed by atoms with Crippen molar-refractivity contribution in [3.05, 3.63) is 59.4 Å². The summed E-state index contributed by atoms with van der Waals surface area (Å²) in [5, 5.41) is 8.79. The molecule has 3 N–H and O–H groups in total. The molecule has 1 atom stereocenters. The Morgan fingerprint density at radius 2 is 2.13 bits per heavy atom. The van der Waals surface area contributed by atoms with Gasteiger partial charge in [-0.25, -0.2) is 4.39 Å². The number of amides is 1. The molecule has 1 fully saturated rings. The highest BCUT2D eigenvalue weighted by molar-refractivity contribution is 5.94. The fraction of sp³-hybridized carbons (Fsp3) is 0.391. The molecule has 1 unspecified atom stereocenters. The van der Waals surface area contributed by atoms with Gasteiger partial charge in [0.25, 0.3) is 0 Å². The smallest absolute Gasteiger partial charge is 0.243 e. The summed E-state index contributed by atoms with van der Waals surface area (Å²) in [7, 11) is 1.63. The standard InChI is InChI=1S/C23H29FN4O3/c1-16-6-7-18(21(10-16)31-15-17-8-9-30-14-17)12-26-23(25-2)27-13-22(29)28-20-5-3-4-19(24)11-20/h3-7,10-11,17H,8-9,12-15H2,1-2H3,(H,28,29)(H2,25,26,27). The molecule has 7 nitrogen and oxygen atoms in total. The third kappa shape index (κ3) is 7.25. The average molecular weight is 429 g/mol. The molecule has 166 valence electrons. The molecule has 0 spiro atoms. The highest BCUT2D eigenvalue weighted by Gasteiger charge is 2.17. The van der Waals surface area contributed by atoms with Crippen molar-refractivity contribution in [3.63, 3.8) is 0 Å². The van der Waals surface area contributed by atoms with Gasteiger partial charge in [-0.1, -0.05) is 18.2 Å². The number of ether oxygens (including phenoxy) is 2. The minimum absolute atomic E-state index is 0.00484. The molecule has 0 saturated carbocycles. The van der Waals surface area contributed by atoms with Crippen LogP contribution in [0.15, 0.2) is 47.5 Å². The molecule has 1 amide bonds. The number of nitrogens with one attached hydrogen (secondary N) is 3. The number of carbonyl (C=O) groups is 1. The Kier molecular flexibility index (Phi) is 8.23. The number of rotatable bonds is 8. The van der Waals surface area contributed by atoms with Crippen molar-refractivity contribution in [3.8, 4) is 5.75 Å². The number of hydrogen-bond acceptors (Lipinski definition) is 4. The number of nitrogens with zero attached hydrogens (tertiary/aromatic N) is 1. The predicted octanol–water partition coefficient (Wildman–Crippen LogP) is 2.85. The van der Waals surface area contributed by atoms with E-state index in [2.05, 4.69) is 20.9 Å². The predicted molar refractivity (Wildman–Crippen MR) is 119 cm³/mol. The SMILES string of the molecule is CN=C(NCC(=O)Nc1cccc(F)c1)NCc1ccc(C)cc1OCC1CCOC1. The second-order valence-corrected chi connectivity index (χ2v) is 7.49. The summed E-state index contributed by atoms with van der Waals surface area (Å²) < 4.78 is 24.7. The third-order valence-electron chi connectivity index (χ3n) is 4.92. The molecule has 1 aliphatic rings. The number of halogens is 1. The number of guanidine groups is 1. The zero-order chi connectivity index (χ0) is 22.1. The first-order chi connectivity index (χ1) is 15.0. The van der Waals surface area contributed by atoms with Gasteiger partial charge in [0.2, 0.25) is 5.91 Å². The van der Waals surface area contributed by atoms with Crippen LogP contribution in [0, 0.1) is 18.7 Å². The molecule has 1 aliphatic heterocycles. The maximum Gasteiger partial charge on any atom is 0.243 e. The zero-order valence-corrected chi connectivity index (χ0v) is 17.9. The monoisotopic (exact) mass is 428 g/mol. The fourth-order valence-electron chi connectivity index (χ4n) is 3.20. The van der Waals surface area contributed by atoms with Crippen molar-refractivity contribution >= 4 is 17.6 Å². The lowest BCUT2D eigenvalue weighted by atomic mass is 10.1. The highest BCUT2D eigenvalue weighted by Crippen LogP contribution is 2.22. The number of hydrogen-bond donors (Lipinski definition) is 3. The Labute approximate surface area is 182 Å². The average Bonchev–Trinajstić information content (AvgIpc) is 3.27. The van der Waals surface area contributed by atoms with E-state index in [1.165, 1.54) is 12.1 Å². The number of aliphatic imine (C=N–C) groups is 1. The molecule has 8 heteroatoms. The lowest BCUT2D eigenvalue weighted by Gasteiger charge is -2.17. The van der Waals surface area contributed by atoms with Gasteiger partial charge < -0.3 is 25.4 Å². The first-order valence-corrected chi connectivity index (χ1v) is 10.3. The van der Waals surface area contributed by atoms with Crippen molar-refractivity contribution in [2.75, 3.05) is 38.7 Å². The summed E-state index contributed by atoms with van der Waals surface area (Å²) in [6.45, 7) is 4.68. The molecular formula is C23H29FN4O3. The van der Waals surface area contributed by atoms with E-state index in [-0.39, 0.29) is 12.5 Å². The number of aryl methyl sites for hydroxylation is 1. The van der Waals surface area contributed by atoms with Crippen molar-refractivity contribution in [1.29, 1.82) is 0 Å². The van der Waals surface area contributed by atoms with Crippen LogP contribution in [0.1, 0.15) is 17.5 Å². The van der Waals surface area contributed by atoms with Crippen molar-refractivity contribution in [1.82, 2.24) is 10.6 Å². The van der Waals surface area contributed by atoms with Gasteiger partial charge in [0.05, 0.1) is 19.8 Å². The van der Waals surface area contributed by atoms with E-state index in [1.807, 2.05) is 25.1 Å². The molecule has 31 heavy (non-hydrogen) atoms. The Balaban J connectivity index is 1.50. The Morgan fingerprint density at radius 3 is 2.87 bits per heavy atom. The number of benzene rings is 2. The summed E-state index contributed by atoms with van der Waals surface area (Å²) in [4.78, 5) is 16.3. The van der Waals surface area contributed by atoms with Gasteiger partial charge >= 0.3 is 0 Å². The lowest BCUT2D eigenvalue weighted by Crippen LogP contribution is -2.41. The van der Waals surface area contributed by atoms with Crippen LogP contribution in [0.5, 0.6) is 5.75 Å². The van der Waals surface area contributed by atoms with E-state index >= 15 is 0 Å². The molecule has 0 aliphatic carbocycles. The largest absolute Gasteiger partial charge is 0.493 e. The first kappa shape index (κ1) is 22.6. The maximum atomic E-state index is 13.2. The molecule has 0 aromatic heterocycles. The summed E-state index contributed by atoms with van der Waals surface area (Å²) in [6.07, 6.45) is 1.02. The van der Waals surface area contributed by atoms with Crippen LogP contribution in [0.3, 0.4) is 0 Å². The van der Waals surface area contributed by atoms with Gasteiger partial charge in [-0.15, -0.1) is 0 Å². The second-order valence-electron chi connectivity index (χ2n) is 7.49. The van der Waals surface area contributed by atoms with E-state index in [0.717, 1.165) is 36.5 Å². The summed E-state index contributed by atoms with van der Waals surface area (Å²) >= 11 is 0. The molecule has 1 heterocycles. The van der Waals surface area contributed by atoms with Crippen molar-refractivity contribution in [2.45, 2.75) is 19.9 Å². The van der Waals surface area contributed by atoms with Crippen LogP contribution in [0.25, 0.3) is 0 Å². The molecular weight excluding hydrogens is 399 g/mol. The van der Waals surface area contributed by atoms with Gasteiger partial charge in [0, 0.05) is 37.4 Å². The van der Waals surface area contributed by atoms with Gasteiger partial charge in [-0.2, -0.15) is 0 Å². The van der Waals surface area contributed by atoms with Crippen molar-refractivity contribution in [2.24, 2.45) is 10.9 Å². The van der Waals surface area contributed by atoms with E-state index in [9.17, 15) is 9.18 Å². The van der Waals surface area contributed by atoms with E-state index in [1.54, 1.807) is 19.2 Å². The third-order valence-corrected chi connectivity index (χ3v) is 4.92. The molecule has 0 bridgehead atoms. The second kappa shape index (κ2) is 11.3. The molecule has 0 radical (unpaired) electrons. The summed E-state index contributed by atoms with van der Waals surface area (Å²) in [5.41, 5.74) is 2.53. The first-order valence-electron chi connectivity index (χ1n) is 10.3. The van der Waals surface area contributed by atoms with Crippen LogP contribution in [-0.4, -0.2) is 45.3 Å².